The minimum atomic E-state index is 0.457. The first-order chi connectivity index (χ1) is 10.6. The fourth-order valence-electron chi connectivity index (χ4n) is 3.21. The summed E-state index contributed by atoms with van der Waals surface area (Å²) in [5.41, 5.74) is 2.02. The number of aromatic nitrogens is 1. The monoisotopic (exact) mass is 321 g/mol. The molecule has 0 unspecified atom stereocenters. The average Bonchev–Trinajstić information content (AvgIpc) is 2.54. The third kappa shape index (κ3) is 2.79. The first-order valence-corrected chi connectivity index (χ1v) is 8.44. The average molecular weight is 322 g/mol. The summed E-state index contributed by atoms with van der Waals surface area (Å²) < 4.78 is 0. The van der Waals surface area contributed by atoms with Crippen LogP contribution >= 0.6 is 11.6 Å². The Morgan fingerprint density at radius 3 is 2.86 bits per heavy atom. The molecule has 2 aliphatic heterocycles. The van der Waals surface area contributed by atoms with E-state index >= 15 is 0 Å². The number of pyridine rings is 1. The van der Waals surface area contributed by atoms with Crippen LogP contribution in [0.2, 0.25) is 5.15 Å². The van der Waals surface area contributed by atoms with Crippen molar-refractivity contribution >= 4 is 23.1 Å². The second kappa shape index (κ2) is 6.42. The molecule has 5 nitrogen and oxygen atoms in total. The maximum Gasteiger partial charge on any atom is 0.154 e. The lowest BCUT2D eigenvalue weighted by Gasteiger charge is -2.43. The van der Waals surface area contributed by atoms with Gasteiger partial charge < -0.3 is 15.1 Å². The van der Waals surface area contributed by atoms with Crippen LogP contribution < -0.4 is 10.2 Å². The molecule has 1 aromatic heterocycles. The van der Waals surface area contributed by atoms with E-state index in [1.54, 1.807) is 0 Å². The Kier molecular flexibility index (Phi) is 4.54. The van der Waals surface area contributed by atoms with E-state index in [-0.39, 0.29) is 0 Å². The van der Waals surface area contributed by atoms with E-state index in [0.29, 0.717) is 23.9 Å². The number of hydrogen-bond donors (Lipinski definition) is 1. The summed E-state index contributed by atoms with van der Waals surface area (Å²) in [5.74, 6) is 1.00. The van der Waals surface area contributed by atoms with Crippen LogP contribution in [0.3, 0.4) is 0 Å². The quantitative estimate of drug-likeness (QED) is 0.849. The van der Waals surface area contributed by atoms with Crippen molar-refractivity contribution in [3.05, 3.63) is 23.0 Å². The predicted molar refractivity (Wildman–Crippen MR) is 91.9 cm³/mol. The van der Waals surface area contributed by atoms with Gasteiger partial charge in [0.15, 0.2) is 5.84 Å². The minimum absolute atomic E-state index is 0.457. The van der Waals surface area contributed by atoms with E-state index in [4.69, 9.17) is 16.6 Å². The van der Waals surface area contributed by atoms with E-state index in [1.165, 1.54) is 0 Å². The third-order valence-electron chi connectivity index (χ3n) is 4.63. The number of rotatable bonds is 2. The second-order valence-corrected chi connectivity index (χ2v) is 6.44. The van der Waals surface area contributed by atoms with Crippen LogP contribution in [0.4, 0.5) is 5.69 Å². The Balaban J connectivity index is 1.98. The highest BCUT2D eigenvalue weighted by Gasteiger charge is 2.32. The molecule has 1 N–H and O–H groups in total. The molecule has 2 atom stereocenters. The van der Waals surface area contributed by atoms with Gasteiger partial charge in [0.2, 0.25) is 0 Å². The Morgan fingerprint density at radius 2 is 2.14 bits per heavy atom. The number of nitrogens with zero attached hydrogens (tertiary/aromatic N) is 4. The number of aliphatic imine (C=N–C) groups is 1. The maximum atomic E-state index is 6.14. The molecular weight excluding hydrogens is 298 g/mol. The molecule has 0 saturated carbocycles. The Labute approximate surface area is 137 Å². The molecule has 1 saturated heterocycles. The number of amidine groups is 1. The van der Waals surface area contributed by atoms with Crippen molar-refractivity contribution in [2.75, 3.05) is 31.7 Å². The molecule has 0 aliphatic carbocycles. The fraction of sp³-hybridized carbons (Fsp3) is 0.625. The summed E-state index contributed by atoms with van der Waals surface area (Å²) in [4.78, 5) is 13.9. The van der Waals surface area contributed by atoms with E-state index in [9.17, 15) is 0 Å². The van der Waals surface area contributed by atoms with Crippen LogP contribution in [0.5, 0.6) is 0 Å². The summed E-state index contributed by atoms with van der Waals surface area (Å²) in [5, 5.41) is 4.15. The zero-order chi connectivity index (χ0) is 15.7. The van der Waals surface area contributed by atoms with Gasteiger partial charge in [-0.25, -0.2) is 9.98 Å². The molecule has 0 amide bonds. The molecule has 3 heterocycles. The van der Waals surface area contributed by atoms with Crippen molar-refractivity contribution in [1.82, 2.24) is 15.2 Å². The smallest absolute Gasteiger partial charge is 0.154 e. The Hall–Kier alpha value is -1.33. The van der Waals surface area contributed by atoms with Gasteiger partial charge in [0.05, 0.1) is 5.69 Å². The largest absolute Gasteiger partial charge is 0.353 e. The minimum Gasteiger partial charge on any atom is -0.353 e. The van der Waals surface area contributed by atoms with Crippen molar-refractivity contribution < 1.29 is 0 Å². The molecular formula is C16H24ClN5. The van der Waals surface area contributed by atoms with Crippen molar-refractivity contribution in [3.8, 4) is 0 Å². The van der Waals surface area contributed by atoms with Gasteiger partial charge in [0.1, 0.15) is 17.5 Å². The highest BCUT2D eigenvalue weighted by Crippen LogP contribution is 2.27. The molecule has 0 bridgehead atoms. The lowest BCUT2D eigenvalue weighted by atomic mass is 10.0. The summed E-state index contributed by atoms with van der Waals surface area (Å²) in [6.45, 7) is 7.10. The van der Waals surface area contributed by atoms with Gasteiger partial charge in [-0.15, -0.1) is 0 Å². The predicted octanol–water partition coefficient (Wildman–Crippen LogP) is 2.35. The van der Waals surface area contributed by atoms with Gasteiger partial charge in [-0.3, -0.25) is 0 Å². The summed E-state index contributed by atoms with van der Waals surface area (Å²) >= 11 is 6.14. The molecule has 1 aromatic rings. The van der Waals surface area contributed by atoms with E-state index in [2.05, 4.69) is 33.9 Å². The van der Waals surface area contributed by atoms with Crippen LogP contribution in [0.25, 0.3) is 0 Å². The highest BCUT2D eigenvalue weighted by atomic mass is 35.5. The number of halogens is 1. The highest BCUT2D eigenvalue weighted by molar-refractivity contribution is 6.29. The molecule has 0 aromatic carbocycles. The lowest BCUT2D eigenvalue weighted by molar-refractivity contribution is 0.204. The Morgan fingerprint density at radius 1 is 1.32 bits per heavy atom. The lowest BCUT2D eigenvalue weighted by Crippen LogP contribution is -2.58. The van der Waals surface area contributed by atoms with Crippen LogP contribution in [0, 0.1) is 0 Å². The molecule has 22 heavy (non-hydrogen) atoms. The Bertz CT molecular complexity index is 574. The van der Waals surface area contributed by atoms with Gasteiger partial charge in [0.25, 0.3) is 0 Å². The van der Waals surface area contributed by atoms with E-state index < -0.39 is 0 Å². The van der Waals surface area contributed by atoms with Crippen LogP contribution in [0.1, 0.15) is 32.4 Å². The van der Waals surface area contributed by atoms with Crippen molar-refractivity contribution in [2.45, 2.75) is 38.8 Å². The van der Waals surface area contributed by atoms with Crippen LogP contribution in [-0.2, 0) is 0 Å². The first kappa shape index (κ1) is 15.6. The summed E-state index contributed by atoms with van der Waals surface area (Å²) in [6, 6.07) is 4.86. The fourth-order valence-corrected chi connectivity index (χ4v) is 3.36. The summed E-state index contributed by atoms with van der Waals surface area (Å²) in [6.07, 6.45) is 2.21. The SMILES string of the molecule is CC[C@@H]1CN(C2=NCN(C)c3ccc(Cl)nc32)[C@@H](CC)CN1. The molecule has 3 rings (SSSR count). The maximum absolute atomic E-state index is 6.14. The number of nitrogens with one attached hydrogen (secondary N) is 1. The van der Waals surface area contributed by atoms with Gasteiger partial charge >= 0.3 is 0 Å². The first-order valence-electron chi connectivity index (χ1n) is 8.06. The van der Waals surface area contributed by atoms with Crippen LogP contribution in [-0.4, -0.2) is 54.6 Å². The van der Waals surface area contributed by atoms with Crippen molar-refractivity contribution in [2.24, 2.45) is 4.99 Å². The van der Waals surface area contributed by atoms with Gasteiger partial charge in [-0.1, -0.05) is 25.4 Å². The molecule has 1 fully saturated rings. The van der Waals surface area contributed by atoms with Crippen LogP contribution in [0.15, 0.2) is 17.1 Å². The van der Waals surface area contributed by atoms with Gasteiger partial charge in [-0.05, 0) is 25.0 Å². The third-order valence-corrected chi connectivity index (χ3v) is 4.84. The summed E-state index contributed by atoms with van der Waals surface area (Å²) in [7, 11) is 2.04. The molecule has 120 valence electrons. The number of fused-ring (bicyclic) bond motifs is 1. The van der Waals surface area contributed by atoms with Crippen molar-refractivity contribution in [1.29, 1.82) is 0 Å². The zero-order valence-corrected chi connectivity index (χ0v) is 14.3. The topological polar surface area (TPSA) is 43.8 Å². The second-order valence-electron chi connectivity index (χ2n) is 6.05. The normalized spacial score (nSPS) is 25.0. The van der Waals surface area contributed by atoms with Gasteiger partial charge in [-0.2, -0.15) is 0 Å². The number of hydrogen-bond acceptors (Lipinski definition) is 5. The van der Waals surface area contributed by atoms with E-state index in [1.807, 2.05) is 19.2 Å². The standard InChI is InChI=1S/C16H24ClN5/c1-4-11-9-22(12(5-2)8-18-11)16-15-13(21(3)10-19-16)6-7-14(17)20-15/h6-7,11-12,18H,4-5,8-10H2,1-3H3/t11-,12+/m1/s1. The molecule has 2 aliphatic rings. The molecule has 6 heteroatoms. The van der Waals surface area contributed by atoms with E-state index in [0.717, 1.165) is 43.1 Å². The zero-order valence-electron chi connectivity index (χ0n) is 13.5. The number of anilines is 1. The van der Waals surface area contributed by atoms with Crippen molar-refractivity contribution in [3.63, 3.8) is 0 Å². The van der Waals surface area contributed by atoms with Gasteiger partial charge in [0, 0.05) is 32.2 Å². The molecule has 0 spiro atoms. The number of piperazine rings is 1. The molecule has 0 radical (unpaired) electrons.